The third-order valence-corrected chi connectivity index (χ3v) is 7.29. The number of anilines is 1. The van der Waals surface area contributed by atoms with Gasteiger partial charge in [-0.25, -0.2) is 0 Å². The second-order valence-electron chi connectivity index (χ2n) is 9.91. The van der Waals surface area contributed by atoms with Gasteiger partial charge in [-0.3, -0.25) is 19.6 Å². The van der Waals surface area contributed by atoms with Crippen LogP contribution in [0, 0.1) is 27.7 Å². The van der Waals surface area contributed by atoms with Gasteiger partial charge in [-0.15, -0.1) is 0 Å². The van der Waals surface area contributed by atoms with Crippen molar-refractivity contribution in [2.45, 2.75) is 79.3 Å². The zero-order chi connectivity index (χ0) is 25.8. The van der Waals surface area contributed by atoms with Gasteiger partial charge in [-0.2, -0.15) is 0 Å². The molecular weight excluding hydrogens is 450 g/mol. The summed E-state index contributed by atoms with van der Waals surface area (Å²) < 4.78 is 0. The fourth-order valence-corrected chi connectivity index (χ4v) is 5.31. The smallest absolute Gasteiger partial charge is 0.253 e. The molecule has 190 valence electrons. The van der Waals surface area contributed by atoms with Crippen LogP contribution in [0.15, 0.2) is 35.4 Å². The van der Waals surface area contributed by atoms with E-state index in [1.54, 1.807) is 12.4 Å². The van der Waals surface area contributed by atoms with E-state index >= 15 is 0 Å². The van der Waals surface area contributed by atoms with Crippen molar-refractivity contribution in [1.82, 2.24) is 20.3 Å². The van der Waals surface area contributed by atoms with Crippen LogP contribution in [0.25, 0.3) is 11.3 Å². The van der Waals surface area contributed by atoms with E-state index < -0.39 is 0 Å². The van der Waals surface area contributed by atoms with Gasteiger partial charge in [-0.05, 0) is 76.8 Å². The number of rotatable bonds is 7. The Morgan fingerprint density at radius 2 is 1.81 bits per heavy atom. The van der Waals surface area contributed by atoms with Crippen molar-refractivity contribution < 1.29 is 4.79 Å². The van der Waals surface area contributed by atoms with E-state index in [4.69, 9.17) is 0 Å². The normalized spacial score (nSPS) is 14.0. The molecular formula is C29H37N5O2. The van der Waals surface area contributed by atoms with Crippen LogP contribution in [0.3, 0.4) is 0 Å². The molecule has 1 aromatic carbocycles. The summed E-state index contributed by atoms with van der Waals surface area (Å²) in [6.07, 6.45) is 9.61. The molecule has 1 saturated carbocycles. The van der Waals surface area contributed by atoms with E-state index in [1.807, 2.05) is 39.8 Å². The first-order chi connectivity index (χ1) is 17.3. The van der Waals surface area contributed by atoms with Crippen LogP contribution in [0.1, 0.15) is 77.5 Å². The molecule has 0 saturated heterocycles. The van der Waals surface area contributed by atoms with Gasteiger partial charge < -0.3 is 15.2 Å². The molecule has 7 heteroatoms. The van der Waals surface area contributed by atoms with Crippen molar-refractivity contribution in [2.24, 2.45) is 0 Å². The minimum atomic E-state index is -0.199. The van der Waals surface area contributed by atoms with Gasteiger partial charge in [0, 0.05) is 53.4 Å². The highest BCUT2D eigenvalue weighted by molar-refractivity contribution is 5.98. The number of carbonyl (C=O) groups excluding carboxylic acids is 1. The summed E-state index contributed by atoms with van der Waals surface area (Å²) in [6.45, 7) is 10.9. The molecule has 3 aromatic rings. The second-order valence-corrected chi connectivity index (χ2v) is 9.91. The van der Waals surface area contributed by atoms with Crippen LogP contribution in [0.2, 0.25) is 0 Å². The summed E-state index contributed by atoms with van der Waals surface area (Å²) in [7, 11) is 0. The number of aryl methyl sites for hydroxylation is 3. The molecule has 36 heavy (non-hydrogen) atoms. The van der Waals surface area contributed by atoms with Crippen LogP contribution in [0.5, 0.6) is 0 Å². The van der Waals surface area contributed by atoms with Crippen molar-refractivity contribution in [2.75, 3.05) is 11.4 Å². The Hall–Kier alpha value is -3.48. The number of benzene rings is 1. The monoisotopic (exact) mass is 487 g/mol. The van der Waals surface area contributed by atoms with Gasteiger partial charge in [0.1, 0.15) is 0 Å². The lowest BCUT2D eigenvalue weighted by molar-refractivity contribution is 0.0950. The van der Waals surface area contributed by atoms with Gasteiger partial charge in [-0.1, -0.05) is 19.3 Å². The molecule has 2 heterocycles. The zero-order valence-electron chi connectivity index (χ0n) is 22.1. The third kappa shape index (κ3) is 5.50. The summed E-state index contributed by atoms with van der Waals surface area (Å²) in [5, 5.41) is 3.00. The minimum Gasteiger partial charge on any atom is -0.369 e. The lowest BCUT2D eigenvalue weighted by Crippen LogP contribution is -2.37. The average molecular weight is 488 g/mol. The average Bonchev–Trinajstić information content (AvgIpc) is 2.86. The van der Waals surface area contributed by atoms with Crippen molar-refractivity contribution in [3.05, 3.63) is 74.6 Å². The van der Waals surface area contributed by atoms with E-state index in [9.17, 15) is 9.59 Å². The molecule has 0 unspecified atom stereocenters. The van der Waals surface area contributed by atoms with Crippen molar-refractivity contribution in [1.29, 1.82) is 0 Å². The minimum absolute atomic E-state index is 0.164. The molecule has 1 aliphatic carbocycles. The Bertz CT molecular complexity index is 1290. The van der Waals surface area contributed by atoms with Crippen LogP contribution in [-0.2, 0) is 6.54 Å². The quantitative estimate of drug-likeness (QED) is 0.481. The molecule has 2 N–H and O–H groups in total. The Kier molecular flexibility index (Phi) is 7.87. The number of hydrogen-bond donors (Lipinski definition) is 2. The first kappa shape index (κ1) is 25.6. The Morgan fingerprint density at radius 1 is 1.06 bits per heavy atom. The number of aromatic nitrogens is 3. The molecule has 0 spiro atoms. The van der Waals surface area contributed by atoms with Crippen LogP contribution in [0.4, 0.5) is 5.69 Å². The SMILES string of the molecule is CCN(c1cc(-c2cnc(C)cn2)cc(C(=O)NCc2c(C)cc(C)[nH]c2=O)c1C)C1CCCCC1. The van der Waals surface area contributed by atoms with Crippen molar-refractivity contribution >= 4 is 11.6 Å². The Labute approximate surface area is 213 Å². The van der Waals surface area contributed by atoms with Gasteiger partial charge in [0.2, 0.25) is 0 Å². The maximum Gasteiger partial charge on any atom is 0.253 e. The first-order valence-corrected chi connectivity index (χ1v) is 13.0. The molecule has 0 atom stereocenters. The standard InChI is InChI=1S/C29H37N5O2/c1-6-34(23-10-8-7-9-11-23)27-14-22(26-17-30-20(4)15-31-26)13-24(21(27)5)28(35)32-16-25-18(2)12-19(3)33-29(25)36/h12-15,17,23H,6-11,16H2,1-5H3,(H,32,35)(H,33,36). The third-order valence-electron chi connectivity index (χ3n) is 7.29. The summed E-state index contributed by atoms with van der Waals surface area (Å²) in [4.78, 5) is 40.3. The molecule has 0 radical (unpaired) electrons. The van der Waals surface area contributed by atoms with Gasteiger partial charge in [0.05, 0.1) is 17.6 Å². The lowest BCUT2D eigenvalue weighted by atomic mass is 9.92. The van der Waals surface area contributed by atoms with E-state index in [0.717, 1.165) is 46.0 Å². The van der Waals surface area contributed by atoms with E-state index in [1.165, 1.54) is 32.1 Å². The number of nitrogens with one attached hydrogen (secondary N) is 2. The number of carbonyl (C=O) groups is 1. The topological polar surface area (TPSA) is 91.0 Å². The van der Waals surface area contributed by atoms with Crippen LogP contribution < -0.4 is 15.8 Å². The Morgan fingerprint density at radius 3 is 2.44 bits per heavy atom. The number of H-pyrrole nitrogens is 1. The molecule has 1 fully saturated rings. The summed E-state index contributed by atoms with van der Waals surface area (Å²) >= 11 is 0. The number of hydrogen-bond acceptors (Lipinski definition) is 5. The van der Waals surface area contributed by atoms with Crippen LogP contribution >= 0.6 is 0 Å². The fourth-order valence-electron chi connectivity index (χ4n) is 5.31. The molecule has 0 aliphatic heterocycles. The van der Waals surface area contributed by atoms with Crippen molar-refractivity contribution in [3.8, 4) is 11.3 Å². The summed E-state index contributed by atoms with van der Waals surface area (Å²) in [5.74, 6) is -0.199. The largest absolute Gasteiger partial charge is 0.369 e. The summed E-state index contributed by atoms with van der Waals surface area (Å²) in [6, 6.07) is 6.44. The van der Waals surface area contributed by atoms with Gasteiger partial charge in [0.25, 0.3) is 11.5 Å². The number of nitrogens with zero attached hydrogens (tertiary/aromatic N) is 3. The fraction of sp³-hybridized carbons (Fsp3) is 0.448. The van der Waals surface area contributed by atoms with Crippen LogP contribution in [-0.4, -0.2) is 33.4 Å². The number of pyridine rings is 1. The predicted octanol–water partition coefficient (Wildman–Crippen LogP) is 5.15. The first-order valence-electron chi connectivity index (χ1n) is 13.0. The predicted molar refractivity (Wildman–Crippen MR) is 145 cm³/mol. The maximum absolute atomic E-state index is 13.5. The molecule has 7 nitrogen and oxygen atoms in total. The molecule has 4 rings (SSSR count). The van der Waals surface area contributed by atoms with Crippen molar-refractivity contribution in [3.63, 3.8) is 0 Å². The highest BCUT2D eigenvalue weighted by atomic mass is 16.1. The molecule has 1 aliphatic rings. The highest BCUT2D eigenvalue weighted by Crippen LogP contribution is 2.34. The van der Waals surface area contributed by atoms with E-state index in [0.29, 0.717) is 17.2 Å². The lowest BCUT2D eigenvalue weighted by Gasteiger charge is -2.37. The zero-order valence-corrected chi connectivity index (χ0v) is 22.1. The number of amides is 1. The molecule has 0 bridgehead atoms. The molecule has 2 aromatic heterocycles. The van der Waals surface area contributed by atoms with Gasteiger partial charge in [0.15, 0.2) is 0 Å². The van der Waals surface area contributed by atoms with E-state index in [2.05, 4.69) is 38.2 Å². The summed E-state index contributed by atoms with van der Waals surface area (Å²) in [5.41, 5.74) is 7.15. The highest BCUT2D eigenvalue weighted by Gasteiger charge is 2.25. The van der Waals surface area contributed by atoms with E-state index in [-0.39, 0.29) is 18.0 Å². The maximum atomic E-state index is 13.5. The number of aromatic amines is 1. The second kappa shape index (κ2) is 11.1. The molecule has 1 amide bonds. The van der Waals surface area contributed by atoms with Gasteiger partial charge >= 0.3 is 0 Å². The Balaban J connectivity index is 1.73.